The zero-order chi connectivity index (χ0) is 22.8. The van der Waals surface area contributed by atoms with Crippen LogP contribution >= 0.6 is 11.6 Å². The van der Waals surface area contributed by atoms with E-state index in [-0.39, 0.29) is 11.6 Å². The SMILES string of the molecule is Cc1cc(Nc2nc(Nc3cc(C)c(-c4ccc(C(N)=O)cc4)cc3F)ncc2Cl)n[nH]1. The number of carbonyl (C=O) groups excluding carboxylic acids is 1. The van der Waals surface area contributed by atoms with E-state index in [4.69, 9.17) is 17.3 Å². The number of aryl methyl sites for hydroxylation is 2. The number of aromatic nitrogens is 4. The minimum atomic E-state index is -0.516. The number of nitrogens with two attached hydrogens (primary N) is 1. The smallest absolute Gasteiger partial charge is 0.248 e. The molecule has 2 aromatic carbocycles. The van der Waals surface area contributed by atoms with Crippen LogP contribution in [0.4, 0.5) is 27.7 Å². The van der Waals surface area contributed by atoms with Gasteiger partial charge in [-0.15, -0.1) is 0 Å². The predicted molar refractivity (Wildman–Crippen MR) is 122 cm³/mol. The molecule has 0 unspecified atom stereocenters. The van der Waals surface area contributed by atoms with E-state index >= 15 is 0 Å². The van der Waals surface area contributed by atoms with E-state index in [1.54, 1.807) is 36.4 Å². The van der Waals surface area contributed by atoms with E-state index in [2.05, 4.69) is 30.8 Å². The molecule has 10 heteroatoms. The van der Waals surface area contributed by atoms with Gasteiger partial charge < -0.3 is 16.4 Å². The van der Waals surface area contributed by atoms with Crippen LogP contribution in [0, 0.1) is 19.7 Å². The van der Waals surface area contributed by atoms with Crippen LogP contribution in [-0.4, -0.2) is 26.1 Å². The van der Waals surface area contributed by atoms with Gasteiger partial charge in [-0.25, -0.2) is 9.37 Å². The van der Waals surface area contributed by atoms with Crippen molar-refractivity contribution in [2.24, 2.45) is 5.73 Å². The molecule has 0 aliphatic carbocycles. The monoisotopic (exact) mass is 451 g/mol. The molecule has 8 nitrogen and oxygen atoms in total. The highest BCUT2D eigenvalue weighted by atomic mass is 35.5. The Bertz CT molecular complexity index is 1300. The van der Waals surface area contributed by atoms with Crippen molar-refractivity contribution in [3.05, 3.63) is 76.3 Å². The molecule has 4 aromatic rings. The van der Waals surface area contributed by atoms with Crippen molar-refractivity contribution in [2.45, 2.75) is 13.8 Å². The van der Waals surface area contributed by atoms with Crippen LogP contribution in [0.1, 0.15) is 21.6 Å². The summed E-state index contributed by atoms with van der Waals surface area (Å²) in [6, 6.07) is 11.5. The predicted octanol–water partition coefficient (Wildman–Crippen LogP) is 4.86. The first-order chi connectivity index (χ1) is 15.3. The average Bonchev–Trinajstić information content (AvgIpc) is 3.17. The number of rotatable bonds is 6. The normalized spacial score (nSPS) is 10.8. The topological polar surface area (TPSA) is 122 Å². The van der Waals surface area contributed by atoms with Gasteiger partial charge in [0.15, 0.2) is 11.6 Å². The van der Waals surface area contributed by atoms with Crippen molar-refractivity contribution < 1.29 is 9.18 Å². The number of hydrogen-bond donors (Lipinski definition) is 4. The fraction of sp³-hybridized carbons (Fsp3) is 0.0909. The zero-order valence-electron chi connectivity index (χ0n) is 17.2. The Kier molecular flexibility index (Phi) is 5.74. The third-order valence-electron chi connectivity index (χ3n) is 4.74. The van der Waals surface area contributed by atoms with Crippen LogP contribution in [0.2, 0.25) is 5.02 Å². The summed E-state index contributed by atoms with van der Waals surface area (Å²) in [7, 11) is 0. The molecule has 0 radical (unpaired) electrons. The van der Waals surface area contributed by atoms with Crippen molar-refractivity contribution in [3.63, 3.8) is 0 Å². The summed E-state index contributed by atoms with van der Waals surface area (Å²) < 4.78 is 14.9. The first-order valence-electron chi connectivity index (χ1n) is 9.59. The van der Waals surface area contributed by atoms with Crippen molar-refractivity contribution in [2.75, 3.05) is 10.6 Å². The van der Waals surface area contributed by atoms with Crippen LogP contribution in [0.15, 0.2) is 48.7 Å². The molecule has 0 aliphatic rings. The molecule has 0 fully saturated rings. The Morgan fingerprint density at radius 1 is 1.12 bits per heavy atom. The highest BCUT2D eigenvalue weighted by Crippen LogP contribution is 2.31. The molecule has 0 saturated heterocycles. The molecular weight excluding hydrogens is 433 g/mol. The van der Waals surface area contributed by atoms with Crippen LogP contribution in [0.25, 0.3) is 11.1 Å². The number of H-pyrrole nitrogens is 1. The third-order valence-corrected chi connectivity index (χ3v) is 5.01. The fourth-order valence-electron chi connectivity index (χ4n) is 3.14. The highest BCUT2D eigenvalue weighted by molar-refractivity contribution is 6.32. The maximum absolute atomic E-state index is 14.9. The van der Waals surface area contributed by atoms with E-state index in [1.807, 2.05) is 13.8 Å². The van der Waals surface area contributed by atoms with Gasteiger partial charge in [-0.1, -0.05) is 23.7 Å². The Morgan fingerprint density at radius 2 is 1.88 bits per heavy atom. The van der Waals surface area contributed by atoms with Crippen molar-refractivity contribution in [1.82, 2.24) is 20.2 Å². The Labute approximate surface area is 188 Å². The maximum atomic E-state index is 14.9. The summed E-state index contributed by atoms with van der Waals surface area (Å²) in [6.45, 7) is 3.73. The second-order valence-corrected chi connectivity index (χ2v) is 7.57. The number of amides is 1. The number of carbonyl (C=O) groups is 1. The molecule has 1 amide bonds. The highest BCUT2D eigenvalue weighted by Gasteiger charge is 2.13. The van der Waals surface area contributed by atoms with Crippen LogP contribution in [0.3, 0.4) is 0 Å². The average molecular weight is 452 g/mol. The van der Waals surface area contributed by atoms with E-state index in [0.717, 1.165) is 16.8 Å². The minimum Gasteiger partial charge on any atom is -0.366 e. The number of primary amides is 1. The van der Waals surface area contributed by atoms with E-state index in [1.165, 1.54) is 12.3 Å². The van der Waals surface area contributed by atoms with E-state index in [9.17, 15) is 9.18 Å². The molecule has 5 N–H and O–H groups in total. The number of aromatic amines is 1. The number of nitrogens with zero attached hydrogens (tertiary/aromatic N) is 3. The summed E-state index contributed by atoms with van der Waals surface area (Å²) in [4.78, 5) is 19.7. The van der Waals surface area contributed by atoms with Gasteiger partial charge in [-0.3, -0.25) is 9.89 Å². The van der Waals surface area contributed by atoms with Gasteiger partial charge >= 0.3 is 0 Å². The first kappa shape index (κ1) is 21.3. The lowest BCUT2D eigenvalue weighted by atomic mass is 9.98. The molecule has 162 valence electrons. The number of nitrogens with one attached hydrogen (secondary N) is 3. The second-order valence-electron chi connectivity index (χ2n) is 7.16. The van der Waals surface area contributed by atoms with Crippen molar-refractivity contribution in [1.29, 1.82) is 0 Å². The Morgan fingerprint density at radius 3 is 2.53 bits per heavy atom. The third kappa shape index (κ3) is 4.52. The van der Waals surface area contributed by atoms with Gasteiger partial charge in [-0.2, -0.15) is 10.1 Å². The van der Waals surface area contributed by atoms with Gasteiger partial charge in [0.05, 0.1) is 11.9 Å². The van der Waals surface area contributed by atoms with Crippen LogP contribution in [0.5, 0.6) is 0 Å². The van der Waals surface area contributed by atoms with Gasteiger partial charge in [0.2, 0.25) is 11.9 Å². The molecule has 0 atom stereocenters. The summed E-state index contributed by atoms with van der Waals surface area (Å²) in [5.41, 5.74) is 9.03. The molecule has 0 saturated carbocycles. The largest absolute Gasteiger partial charge is 0.366 e. The molecular formula is C22H19ClFN7O. The molecule has 2 aromatic heterocycles. The Hall–Kier alpha value is -3.98. The van der Waals surface area contributed by atoms with Gasteiger partial charge in [-0.05, 0) is 54.8 Å². The summed E-state index contributed by atoms with van der Waals surface area (Å²) in [6.07, 6.45) is 1.41. The van der Waals surface area contributed by atoms with Crippen LogP contribution in [-0.2, 0) is 0 Å². The van der Waals surface area contributed by atoms with Gasteiger partial charge in [0, 0.05) is 17.3 Å². The van der Waals surface area contributed by atoms with E-state index < -0.39 is 11.7 Å². The summed E-state index contributed by atoms with van der Waals surface area (Å²) in [5.74, 6) is 0.0431. The molecule has 2 heterocycles. The zero-order valence-corrected chi connectivity index (χ0v) is 18.0. The number of hydrogen-bond acceptors (Lipinski definition) is 6. The van der Waals surface area contributed by atoms with Gasteiger partial charge in [0.1, 0.15) is 10.8 Å². The lowest BCUT2D eigenvalue weighted by molar-refractivity contribution is 0.100. The minimum absolute atomic E-state index is 0.168. The lowest BCUT2D eigenvalue weighted by Crippen LogP contribution is -2.10. The van der Waals surface area contributed by atoms with Crippen LogP contribution < -0.4 is 16.4 Å². The number of anilines is 4. The van der Waals surface area contributed by atoms with Gasteiger partial charge in [0.25, 0.3) is 0 Å². The Balaban J connectivity index is 1.59. The fourth-order valence-corrected chi connectivity index (χ4v) is 3.28. The summed E-state index contributed by atoms with van der Waals surface area (Å²) >= 11 is 6.18. The van der Waals surface area contributed by atoms with E-state index in [0.29, 0.717) is 27.8 Å². The maximum Gasteiger partial charge on any atom is 0.248 e. The summed E-state index contributed by atoms with van der Waals surface area (Å²) in [5, 5.41) is 13.1. The quantitative estimate of drug-likeness (QED) is 0.332. The molecule has 0 spiro atoms. The number of benzene rings is 2. The molecule has 4 rings (SSSR count). The van der Waals surface area contributed by atoms with Crippen molar-refractivity contribution in [3.8, 4) is 11.1 Å². The molecule has 32 heavy (non-hydrogen) atoms. The standard InChI is InChI=1S/C22H19ClFN7O/c1-11-7-18(17(24)9-15(11)13-3-5-14(6-4-13)20(25)32)27-22-26-10-16(23)21(29-22)28-19-8-12(2)30-31-19/h3-10H,1-2H3,(H2,25,32)(H3,26,27,28,29,30,31). The molecule has 0 aliphatic heterocycles. The first-order valence-corrected chi connectivity index (χ1v) is 9.97. The number of halogens is 2. The molecule has 0 bridgehead atoms. The van der Waals surface area contributed by atoms with Crippen molar-refractivity contribution >= 4 is 40.8 Å². The lowest BCUT2D eigenvalue weighted by Gasteiger charge is -2.13. The second kappa shape index (κ2) is 8.64.